The Balaban J connectivity index is 1.13. The lowest BCUT2D eigenvalue weighted by molar-refractivity contribution is -0.134. The van der Waals surface area contributed by atoms with Crippen molar-refractivity contribution in [1.82, 2.24) is 20.1 Å². The first kappa shape index (κ1) is 25.6. The summed E-state index contributed by atoms with van der Waals surface area (Å²) in [5.41, 5.74) is 6.39. The lowest BCUT2D eigenvalue weighted by atomic mass is 9.98. The van der Waals surface area contributed by atoms with Crippen molar-refractivity contribution >= 4 is 28.2 Å². The van der Waals surface area contributed by atoms with Gasteiger partial charge in [-0.2, -0.15) is 5.26 Å². The summed E-state index contributed by atoms with van der Waals surface area (Å²) in [5.74, 6) is 0.216. The molecule has 1 amide bonds. The van der Waals surface area contributed by atoms with E-state index in [-0.39, 0.29) is 18.0 Å². The third-order valence-corrected chi connectivity index (χ3v) is 8.66. The van der Waals surface area contributed by atoms with Crippen LogP contribution in [0.3, 0.4) is 0 Å². The number of nitrogens with one attached hydrogen (secondary N) is 1. The van der Waals surface area contributed by atoms with Crippen LogP contribution in [0.2, 0.25) is 0 Å². The number of amides is 1. The molecule has 1 N–H and O–H groups in total. The number of fused-ring (bicyclic) bond motifs is 2. The summed E-state index contributed by atoms with van der Waals surface area (Å²) in [6, 6.07) is 17.4. The summed E-state index contributed by atoms with van der Waals surface area (Å²) < 4.78 is 0. The Kier molecular flexibility index (Phi) is 7.11. The second-order valence-electron chi connectivity index (χ2n) is 11.2. The van der Waals surface area contributed by atoms with Crippen molar-refractivity contribution in [3.05, 3.63) is 65.4 Å². The second kappa shape index (κ2) is 10.8. The summed E-state index contributed by atoms with van der Waals surface area (Å²) in [4.78, 5) is 27.3. The minimum absolute atomic E-state index is 0.216. The van der Waals surface area contributed by atoms with Crippen LogP contribution < -0.4 is 15.1 Å². The fourth-order valence-corrected chi connectivity index (χ4v) is 6.52. The summed E-state index contributed by atoms with van der Waals surface area (Å²) in [6.45, 7) is 12.1. The van der Waals surface area contributed by atoms with E-state index < -0.39 is 0 Å². The SMILES string of the molecule is C[C@@H]1CN(c2ccc(C#N)c3ncccc23)C[C@H](C)N1CC(=O)N1CCc2ccc(N3CCNCC3)cc2C1. The average molecular weight is 524 g/mol. The lowest BCUT2D eigenvalue weighted by Gasteiger charge is -2.46. The van der Waals surface area contributed by atoms with Gasteiger partial charge in [-0.25, -0.2) is 0 Å². The molecule has 1 aromatic heterocycles. The number of pyridine rings is 1. The molecule has 6 rings (SSSR count). The van der Waals surface area contributed by atoms with Crippen LogP contribution in [0.5, 0.6) is 0 Å². The highest BCUT2D eigenvalue weighted by atomic mass is 16.2. The molecule has 2 atom stereocenters. The number of hydrogen-bond acceptors (Lipinski definition) is 7. The predicted molar refractivity (Wildman–Crippen MR) is 155 cm³/mol. The van der Waals surface area contributed by atoms with Gasteiger partial charge >= 0.3 is 0 Å². The molecule has 39 heavy (non-hydrogen) atoms. The Morgan fingerprint density at radius 3 is 2.59 bits per heavy atom. The highest BCUT2D eigenvalue weighted by Gasteiger charge is 2.33. The fourth-order valence-electron chi connectivity index (χ4n) is 6.52. The van der Waals surface area contributed by atoms with Gasteiger partial charge in [0, 0.05) is 87.4 Å². The third-order valence-electron chi connectivity index (χ3n) is 8.66. The van der Waals surface area contributed by atoms with Crippen LogP contribution >= 0.6 is 0 Å². The van der Waals surface area contributed by atoms with Crippen LogP contribution in [-0.4, -0.2) is 85.1 Å². The van der Waals surface area contributed by atoms with Gasteiger partial charge in [0.2, 0.25) is 5.91 Å². The van der Waals surface area contributed by atoms with Gasteiger partial charge in [0.1, 0.15) is 6.07 Å². The summed E-state index contributed by atoms with van der Waals surface area (Å²) in [7, 11) is 0. The van der Waals surface area contributed by atoms with Crippen molar-refractivity contribution < 1.29 is 4.79 Å². The van der Waals surface area contributed by atoms with Crippen molar-refractivity contribution in [2.75, 3.05) is 62.2 Å². The smallest absolute Gasteiger partial charge is 0.237 e. The third kappa shape index (κ3) is 5.05. The van der Waals surface area contributed by atoms with E-state index in [1.165, 1.54) is 16.8 Å². The second-order valence-corrected chi connectivity index (χ2v) is 11.2. The van der Waals surface area contributed by atoms with Crippen LogP contribution in [0.25, 0.3) is 10.9 Å². The topological polar surface area (TPSA) is 78.7 Å². The molecule has 3 aliphatic rings. The Morgan fingerprint density at radius 2 is 1.82 bits per heavy atom. The first-order valence-corrected chi connectivity index (χ1v) is 14.2. The molecule has 4 heterocycles. The molecule has 0 spiro atoms. The molecule has 3 aromatic rings. The molecule has 2 fully saturated rings. The van der Waals surface area contributed by atoms with E-state index >= 15 is 0 Å². The Bertz CT molecular complexity index is 1400. The van der Waals surface area contributed by atoms with Gasteiger partial charge in [-0.1, -0.05) is 6.07 Å². The molecule has 0 unspecified atom stereocenters. The van der Waals surface area contributed by atoms with E-state index in [2.05, 4.69) is 68.0 Å². The summed E-state index contributed by atoms with van der Waals surface area (Å²) in [5, 5.41) is 14.0. The molecule has 3 aliphatic heterocycles. The number of benzene rings is 2. The minimum Gasteiger partial charge on any atom is -0.369 e. The zero-order valence-corrected chi connectivity index (χ0v) is 22.9. The molecule has 2 aromatic carbocycles. The van der Waals surface area contributed by atoms with Gasteiger partial charge in [-0.3, -0.25) is 14.7 Å². The van der Waals surface area contributed by atoms with E-state index in [0.29, 0.717) is 18.7 Å². The summed E-state index contributed by atoms with van der Waals surface area (Å²) >= 11 is 0. The monoisotopic (exact) mass is 523 g/mol. The quantitative estimate of drug-likeness (QED) is 0.563. The van der Waals surface area contributed by atoms with Crippen LogP contribution in [0.4, 0.5) is 11.4 Å². The minimum atomic E-state index is 0.216. The van der Waals surface area contributed by atoms with E-state index in [9.17, 15) is 10.1 Å². The molecule has 2 saturated heterocycles. The lowest BCUT2D eigenvalue weighted by Crippen LogP contribution is -2.59. The van der Waals surface area contributed by atoms with Gasteiger partial charge < -0.3 is 20.0 Å². The largest absolute Gasteiger partial charge is 0.369 e. The van der Waals surface area contributed by atoms with E-state index in [4.69, 9.17) is 0 Å². The van der Waals surface area contributed by atoms with Gasteiger partial charge in [0.05, 0.1) is 17.6 Å². The Hall–Kier alpha value is -3.67. The number of rotatable bonds is 4. The van der Waals surface area contributed by atoms with Crippen LogP contribution in [0.1, 0.15) is 30.5 Å². The van der Waals surface area contributed by atoms with Gasteiger partial charge in [0.25, 0.3) is 0 Å². The normalized spacial score (nSPS) is 22.0. The molecular formula is C31H37N7O. The summed E-state index contributed by atoms with van der Waals surface area (Å²) in [6.07, 6.45) is 2.66. The zero-order valence-electron chi connectivity index (χ0n) is 22.9. The van der Waals surface area contributed by atoms with Crippen molar-refractivity contribution in [3.63, 3.8) is 0 Å². The van der Waals surface area contributed by atoms with Crippen molar-refractivity contribution in [1.29, 1.82) is 5.26 Å². The molecule has 8 nitrogen and oxygen atoms in total. The molecular weight excluding hydrogens is 486 g/mol. The number of nitriles is 1. The Labute approximate surface area is 230 Å². The van der Waals surface area contributed by atoms with Gasteiger partial charge in [0.15, 0.2) is 0 Å². The molecule has 0 bridgehead atoms. The number of nitrogens with zero attached hydrogens (tertiary/aromatic N) is 6. The number of carbonyl (C=O) groups excluding carboxylic acids is 1. The van der Waals surface area contributed by atoms with E-state index in [1.807, 2.05) is 24.3 Å². The predicted octanol–water partition coefficient (Wildman–Crippen LogP) is 3.00. The Morgan fingerprint density at radius 1 is 1.03 bits per heavy atom. The standard InChI is InChI=1S/C31H37N7O/c1-22-18-37(29-8-6-25(17-32)31-28(29)4-3-10-34-31)19-23(2)38(22)21-30(39)36-13-9-24-5-7-27(16-26(24)20-36)35-14-11-33-12-15-35/h3-8,10,16,22-23,33H,9,11-15,18-21H2,1-2H3/t22-,23+. The maximum absolute atomic E-state index is 13.6. The number of piperazine rings is 2. The zero-order chi connectivity index (χ0) is 26.9. The van der Waals surface area contributed by atoms with Gasteiger partial charge in [-0.05, 0) is 67.8 Å². The van der Waals surface area contributed by atoms with Crippen LogP contribution in [0.15, 0.2) is 48.7 Å². The number of anilines is 2. The van der Waals surface area contributed by atoms with Crippen molar-refractivity contribution in [2.24, 2.45) is 0 Å². The van der Waals surface area contributed by atoms with E-state index in [1.54, 1.807) is 6.20 Å². The van der Waals surface area contributed by atoms with Crippen molar-refractivity contribution in [2.45, 2.75) is 38.9 Å². The van der Waals surface area contributed by atoms with Gasteiger partial charge in [-0.15, -0.1) is 0 Å². The molecule has 8 heteroatoms. The van der Waals surface area contributed by atoms with Crippen molar-refractivity contribution in [3.8, 4) is 6.07 Å². The molecule has 0 saturated carbocycles. The highest BCUT2D eigenvalue weighted by molar-refractivity contribution is 5.95. The fraction of sp³-hybridized carbons (Fsp3) is 0.452. The molecule has 0 radical (unpaired) electrons. The maximum atomic E-state index is 13.6. The van der Waals surface area contributed by atoms with Crippen LogP contribution in [-0.2, 0) is 17.8 Å². The molecule has 0 aliphatic carbocycles. The first-order chi connectivity index (χ1) is 19.0. The first-order valence-electron chi connectivity index (χ1n) is 14.2. The molecule has 202 valence electrons. The van der Waals surface area contributed by atoms with Crippen LogP contribution in [0, 0.1) is 11.3 Å². The number of carbonyl (C=O) groups is 1. The maximum Gasteiger partial charge on any atom is 0.237 e. The number of hydrogen-bond donors (Lipinski definition) is 1. The highest BCUT2D eigenvalue weighted by Crippen LogP contribution is 2.31. The average Bonchev–Trinajstić information content (AvgIpc) is 2.98. The van der Waals surface area contributed by atoms with E-state index in [0.717, 1.165) is 68.8 Å². The number of aromatic nitrogens is 1.